The van der Waals surface area contributed by atoms with Crippen molar-refractivity contribution in [2.75, 3.05) is 5.75 Å². The van der Waals surface area contributed by atoms with Gasteiger partial charge in [-0.25, -0.2) is 4.98 Å². The molecule has 0 fully saturated rings. The Labute approximate surface area is 122 Å². The van der Waals surface area contributed by atoms with E-state index in [0.717, 1.165) is 16.7 Å². The molecule has 0 aliphatic rings. The predicted molar refractivity (Wildman–Crippen MR) is 74.0 cm³/mol. The van der Waals surface area contributed by atoms with Crippen LogP contribution < -0.4 is 0 Å². The fourth-order valence-corrected chi connectivity index (χ4v) is 3.20. The maximum Gasteiger partial charge on any atom is 0.443 e. The molecule has 2 rings (SSSR count). The highest BCUT2D eigenvalue weighted by Crippen LogP contribution is 2.35. The lowest BCUT2D eigenvalue weighted by atomic mass is 10.2. The van der Waals surface area contributed by atoms with Crippen LogP contribution in [0.25, 0.3) is 0 Å². The third kappa shape index (κ3) is 3.97. The number of rotatable bonds is 4. The van der Waals surface area contributed by atoms with Crippen LogP contribution >= 0.6 is 23.1 Å². The zero-order chi connectivity index (χ0) is 14.8. The summed E-state index contributed by atoms with van der Waals surface area (Å²) in [5, 5.41) is 8.97. The van der Waals surface area contributed by atoms with Gasteiger partial charge in [0, 0.05) is 16.8 Å². The summed E-state index contributed by atoms with van der Waals surface area (Å²) >= 11 is 1.88. The molecular weight excluding hydrogens is 307 g/mol. The van der Waals surface area contributed by atoms with Gasteiger partial charge < -0.3 is 5.11 Å². The van der Waals surface area contributed by atoms with E-state index in [4.69, 9.17) is 0 Å². The number of nitrogens with zero attached hydrogens (tertiary/aromatic N) is 1. The highest BCUT2D eigenvalue weighted by atomic mass is 32.2. The van der Waals surface area contributed by atoms with Crippen molar-refractivity contribution in [2.24, 2.45) is 0 Å². The Kier molecular flexibility index (Phi) is 4.72. The smallest absolute Gasteiger partial charge is 0.387 e. The maximum atomic E-state index is 12.4. The first-order valence-electron chi connectivity index (χ1n) is 5.76. The van der Waals surface area contributed by atoms with E-state index in [-0.39, 0.29) is 4.88 Å². The molecule has 0 aliphatic heterocycles. The molecule has 0 saturated heterocycles. The molecule has 1 atom stereocenters. The Morgan fingerprint density at radius 1 is 1.30 bits per heavy atom. The molecule has 0 bridgehead atoms. The van der Waals surface area contributed by atoms with Crippen LogP contribution in [-0.2, 0) is 6.18 Å². The molecule has 1 heterocycles. The first-order chi connectivity index (χ1) is 9.36. The zero-order valence-electron chi connectivity index (χ0n) is 10.5. The van der Waals surface area contributed by atoms with E-state index in [9.17, 15) is 18.3 Å². The van der Waals surface area contributed by atoms with Crippen molar-refractivity contribution in [1.29, 1.82) is 0 Å². The third-order valence-corrected chi connectivity index (χ3v) is 4.75. The predicted octanol–water partition coefficient (Wildman–Crippen LogP) is 4.30. The van der Waals surface area contributed by atoms with Gasteiger partial charge in [-0.1, -0.05) is 17.7 Å². The van der Waals surface area contributed by atoms with Gasteiger partial charge in [-0.15, -0.1) is 23.1 Å². The number of hydrogen-bond acceptors (Lipinski definition) is 4. The average molecular weight is 319 g/mol. The van der Waals surface area contributed by atoms with Crippen LogP contribution in [0.4, 0.5) is 13.2 Å². The fourth-order valence-electron chi connectivity index (χ4n) is 1.46. The van der Waals surface area contributed by atoms with Gasteiger partial charge in [0.15, 0.2) is 5.01 Å². The number of thiazole rings is 1. The van der Waals surface area contributed by atoms with E-state index in [0.29, 0.717) is 17.1 Å². The second-order valence-electron chi connectivity index (χ2n) is 4.21. The quantitative estimate of drug-likeness (QED) is 0.853. The Balaban J connectivity index is 1.96. The second kappa shape index (κ2) is 6.15. The van der Waals surface area contributed by atoms with Crippen molar-refractivity contribution in [3.63, 3.8) is 0 Å². The lowest BCUT2D eigenvalue weighted by Crippen LogP contribution is -2.03. The van der Waals surface area contributed by atoms with Gasteiger partial charge in [0.05, 0.1) is 11.0 Å². The van der Waals surface area contributed by atoms with Crippen molar-refractivity contribution < 1.29 is 18.3 Å². The van der Waals surface area contributed by atoms with Gasteiger partial charge in [0.25, 0.3) is 0 Å². The van der Waals surface area contributed by atoms with Crippen molar-refractivity contribution >= 4 is 23.1 Å². The fraction of sp³-hybridized carbons (Fsp3) is 0.308. The number of aryl methyl sites for hydroxylation is 1. The normalized spacial score (nSPS) is 13.4. The van der Waals surface area contributed by atoms with Gasteiger partial charge in [0.2, 0.25) is 0 Å². The van der Waals surface area contributed by atoms with Crippen molar-refractivity contribution in [3.8, 4) is 0 Å². The summed E-state index contributed by atoms with van der Waals surface area (Å²) in [6, 6.07) is 7.73. The minimum Gasteiger partial charge on any atom is -0.387 e. The van der Waals surface area contributed by atoms with Crippen LogP contribution in [0, 0.1) is 6.92 Å². The van der Waals surface area contributed by atoms with Crippen molar-refractivity contribution in [1.82, 2.24) is 4.98 Å². The molecule has 2 nitrogen and oxygen atoms in total. The van der Waals surface area contributed by atoms with Gasteiger partial charge in [-0.2, -0.15) is 13.2 Å². The zero-order valence-corrected chi connectivity index (χ0v) is 12.1. The summed E-state index contributed by atoms with van der Waals surface area (Å²) in [6.07, 6.45) is -4.31. The number of aliphatic hydroxyl groups excluding tert-OH is 1. The Morgan fingerprint density at radius 3 is 2.50 bits per heavy atom. The molecule has 108 valence electrons. The molecule has 1 N–H and O–H groups in total. The first-order valence-corrected chi connectivity index (χ1v) is 7.57. The van der Waals surface area contributed by atoms with E-state index in [1.165, 1.54) is 11.8 Å². The van der Waals surface area contributed by atoms with Crippen LogP contribution in [0.2, 0.25) is 0 Å². The summed E-state index contributed by atoms with van der Waals surface area (Å²) in [5.41, 5.74) is 1.13. The molecule has 0 spiro atoms. The van der Waals surface area contributed by atoms with Crippen LogP contribution in [0.5, 0.6) is 0 Å². The molecule has 7 heteroatoms. The minimum absolute atomic E-state index is 0.233. The van der Waals surface area contributed by atoms with Crippen LogP contribution in [0.15, 0.2) is 35.4 Å². The first kappa shape index (κ1) is 15.3. The molecule has 2 aromatic rings. The number of aromatic nitrogens is 1. The van der Waals surface area contributed by atoms with Gasteiger partial charge >= 0.3 is 6.18 Å². The van der Waals surface area contributed by atoms with E-state index in [2.05, 4.69) is 4.98 Å². The summed E-state index contributed by atoms with van der Waals surface area (Å²) in [4.78, 5) is 4.50. The number of halogens is 3. The molecule has 0 saturated carbocycles. The number of benzene rings is 1. The SMILES string of the molecule is Cc1ccc(SCC(O)c2cnc(C(F)(F)F)s2)cc1. The number of thioether (sulfide) groups is 1. The van der Waals surface area contributed by atoms with Gasteiger partial charge in [-0.05, 0) is 19.1 Å². The molecule has 0 radical (unpaired) electrons. The molecule has 0 aliphatic carbocycles. The summed E-state index contributed by atoms with van der Waals surface area (Å²) in [6.45, 7) is 1.97. The highest BCUT2D eigenvalue weighted by Gasteiger charge is 2.35. The maximum absolute atomic E-state index is 12.4. The third-order valence-electron chi connectivity index (χ3n) is 2.52. The Bertz CT molecular complexity index is 566. The number of alkyl halides is 3. The molecule has 1 unspecified atom stereocenters. The number of aliphatic hydroxyl groups is 1. The van der Waals surface area contributed by atoms with Crippen LogP contribution in [-0.4, -0.2) is 15.8 Å². The molecule has 20 heavy (non-hydrogen) atoms. The van der Waals surface area contributed by atoms with E-state index >= 15 is 0 Å². The lowest BCUT2D eigenvalue weighted by molar-refractivity contribution is -0.137. The van der Waals surface area contributed by atoms with Crippen molar-refractivity contribution in [3.05, 3.63) is 45.9 Å². The summed E-state index contributed by atoms with van der Waals surface area (Å²) in [7, 11) is 0. The summed E-state index contributed by atoms with van der Waals surface area (Å²) < 4.78 is 37.2. The second-order valence-corrected chi connectivity index (χ2v) is 6.36. The minimum atomic E-state index is -4.45. The van der Waals surface area contributed by atoms with E-state index < -0.39 is 17.3 Å². The van der Waals surface area contributed by atoms with Crippen LogP contribution in [0.3, 0.4) is 0 Å². The standard InChI is InChI=1S/C13H12F3NOS2/c1-8-2-4-9(5-3-8)19-7-10(18)11-6-17-12(20-11)13(14,15)16/h2-6,10,18H,7H2,1H3. The molecule has 0 amide bonds. The van der Waals surface area contributed by atoms with Gasteiger partial charge in [-0.3, -0.25) is 0 Å². The van der Waals surface area contributed by atoms with Gasteiger partial charge in [0.1, 0.15) is 0 Å². The van der Waals surface area contributed by atoms with Crippen LogP contribution in [0.1, 0.15) is 21.6 Å². The summed E-state index contributed by atoms with van der Waals surface area (Å²) in [5.74, 6) is 0.294. The Hall–Kier alpha value is -1.05. The monoisotopic (exact) mass is 319 g/mol. The average Bonchev–Trinajstić information content (AvgIpc) is 2.87. The number of hydrogen-bond donors (Lipinski definition) is 1. The molecule has 1 aromatic heterocycles. The topological polar surface area (TPSA) is 33.1 Å². The Morgan fingerprint density at radius 2 is 1.95 bits per heavy atom. The van der Waals surface area contributed by atoms with E-state index in [1.54, 1.807) is 0 Å². The lowest BCUT2D eigenvalue weighted by Gasteiger charge is -2.07. The molecular formula is C13H12F3NOS2. The molecule has 1 aromatic carbocycles. The van der Waals surface area contributed by atoms with Crippen molar-refractivity contribution in [2.45, 2.75) is 24.1 Å². The highest BCUT2D eigenvalue weighted by molar-refractivity contribution is 7.99. The van der Waals surface area contributed by atoms with E-state index in [1.807, 2.05) is 31.2 Å². The largest absolute Gasteiger partial charge is 0.443 e.